The fraction of sp³-hybridized carbons (Fsp3) is 0.391. The van der Waals surface area contributed by atoms with Crippen molar-refractivity contribution in [3.63, 3.8) is 0 Å². The molecule has 0 saturated carbocycles. The van der Waals surface area contributed by atoms with E-state index in [1.54, 1.807) is 12.1 Å². The molecule has 28 heavy (non-hydrogen) atoms. The van der Waals surface area contributed by atoms with Crippen LogP contribution in [0.3, 0.4) is 0 Å². The summed E-state index contributed by atoms with van der Waals surface area (Å²) in [5, 5.41) is 0. The monoisotopic (exact) mass is 390 g/mol. The van der Waals surface area contributed by atoms with Gasteiger partial charge in [-0.3, -0.25) is 0 Å². The van der Waals surface area contributed by atoms with E-state index in [0.29, 0.717) is 12.2 Å². The van der Waals surface area contributed by atoms with Gasteiger partial charge in [-0.05, 0) is 31.1 Å². The van der Waals surface area contributed by atoms with E-state index in [0.717, 1.165) is 37.7 Å². The molecule has 1 aliphatic heterocycles. The summed E-state index contributed by atoms with van der Waals surface area (Å²) < 4.78 is 54.3. The van der Waals surface area contributed by atoms with Crippen molar-refractivity contribution in [1.82, 2.24) is 0 Å². The molecule has 0 fully saturated rings. The first-order chi connectivity index (χ1) is 13.4. The molecular weight excluding hydrogens is 365 g/mol. The van der Waals surface area contributed by atoms with Gasteiger partial charge < -0.3 is 9.47 Å². The van der Waals surface area contributed by atoms with Crippen molar-refractivity contribution in [2.75, 3.05) is 6.61 Å². The molecule has 0 spiro atoms. The van der Waals surface area contributed by atoms with Gasteiger partial charge in [-0.15, -0.1) is 0 Å². The molecule has 2 aromatic carbocycles. The third-order valence-corrected chi connectivity index (χ3v) is 4.80. The highest BCUT2D eigenvalue weighted by atomic mass is 19.3. The van der Waals surface area contributed by atoms with Crippen molar-refractivity contribution >= 4 is 11.8 Å². The number of aryl methyl sites for hydroxylation is 1. The summed E-state index contributed by atoms with van der Waals surface area (Å²) >= 11 is 0. The molecule has 0 N–H and O–H groups in total. The summed E-state index contributed by atoms with van der Waals surface area (Å²) in [4.78, 5) is 0. The number of halogens is 3. The Labute approximate surface area is 164 Å². The lowest BCUT2D eigenvalue weighted by Gasteiger charge is -2.27. The van der Waals surface area contributed by atoms with Crippen LogP contribution in [0.15, 0.2) is 36.4 Å². The number of unbranched alkanes of at least 4 members (excludes halogenated alkanes) is 4. The number of ether oxygens (including phenoxy) is 2. The molecule has 0 amide bonds. The fourth-order valence-electron chi connectivity index (χ4n) is 3.21. The van der Waals surface area contributed by atoms with Gasteiger partial charge in [0.2, 0.25) is 0 Å². The lowest BCUT2D eigenvalue weighted by atomic mass is 9.99. The first kappa shape index (κ1) is 20.3. The minimum absolute atomic E-state index is 0.0153. The van der Waals surface area contributed by atoms with Gasteiger partial charge in [0.25, 0.3) is 0 Å². The van der Waals surface area contributed by atoms with Gasteiger partial charge in [-0.25, -0.2) is 4.39 Å². The smallest absolute Gasteiger partial charge is 0.430 e. The van der Waals surface area contributed by atoms with E-state index in [-0.39, 0.29) is 17.1 Å². The van der Waals surface area contributed by atoms with E-state index in [9.17, 15) is 13.2 Å². The molecule has 0 atom stereocenters. The molecule has 5 heteroatoms. The lowest BCUT2D eigenvalue weighted by molar-refractivity contribution is -0.207. The number of hydrogen-bond donors (Lipinski definition) is 0. The summed E-state index contributed by atoms with van der Waals surface area (Å²) in [5.74, 6) is -1.21. The van der Waals surface area contributed by atoms with E-state index in [4.69, 9.17) is 9.47 Å². The largest absolute Gasteiger partial charge is 0.491 e. The number of fused-ring (bicyclic) bond motifs is 1. The molecule has 1 aliphatic rings. The Morgan fingerprint density at radius 3 is 2.39 bits per heavy atom. The first-order valence-electron chi connectivity index (χ1n) is 9.73. The van der Waals surface area contributed by atoms with Crippen LogP contribution < -0.4 is 4.74 Å². The van der Waals surface area contributed by atoms with Crippen LogP contribution in [0.25, 0.3) is 11.8 Å². The summed E-state index contributed by atoms with van der Waals surface area (Å²) in [5.41, 5.74) is 0.852. The Morgan fingerprint density at radius 2 is 1.68 bits per heavy atom. The fourth-order valence-corrected chi connectivity index (χ4v) is 3.21. The SMILES string of the molecule is CCCCCCCOc1ccc2c(c1F)C(F)(F)OC(c1ccc(C)cc1)=C2. The molecule has 2 nitrogen and oxygen atoms in total. The third-order valence-electron chi connectivity index (χ3n) is 4.80. The average molecular weight is 390 g/mol. The quantitative estimate of drug-likeness (QED) is 0.449. The van der Waals surface area contributed by atoms with Crippen molar-refractivity contribution in [1.29, 1.82) is 0 Å². The molecule has 0 aliphatic carbocycles. The average Bonchev–Trinajstić information content (AvgIpc) is 2.65. The molecule has 150 valence electrons. The standard InChI is InChI=1S/C23H25F3O2/c1-3-4-5-6-7-14-27-19-13-12-18-15-20(17-10-8-16(2)9-11-17)28-23(25,26)21(18)22(19)24/h8-13,15H,3-7,14H2,1-2H3. The van der Waals surface area contributed by atoms with Crippen LogP contribution in [0.4, 0.5) is 13.2 Å². The Balaban J connectivity index is 1.80. The maximum absolute atomic E-state index is 14.7. The molecule has 0 aromatic heterocycles. The Hall–Kier alpha value is -2.43. The zero-order chi connectivity index (χ0) is 20.1. The van der Waals surface area contributed by atoms with Crippen molar-refractivity contribution in [2.45, 2.75) is 52.1 Å². The maximum atomic E-state index is 14.7. The number of alkyl halides is 2. The summed E-state index contributed by atoms with van der Waals surface area (Å²) in [7, 11) is 0. The lowest BCUT2D eigenvalue weighted by Crippen LogP contribution is -2.24. The molecule has 0 radical (unpaired) electrons. The highest BCUT2D eigenvalue weighted by Gasteiger charge is 2.44. The van der Waals surface area contributed by atoms with Crippen LogP contribution in [-0.4, -0.2) is 6.61 Å². The van der Waals surface area contributed by atoms with Gasteiger partial charge in [0, 0.05) is 5.56 Å². The summed E-state index contributed by atoms with van der Waals surface area (Å²) in [6.07, 6.45) is 2.78. The minimum Gasteiger partial charge on any atom is -0.491 e. The Kier molecular flexibility index (Phi) is 6.32. The zero-order valence-corrected chi connectivity index (χ0v) is 16.2. The van der Waals surface area contributed by atoms with Gasteiger partial charge >= 0.3 is 6.11 Å². The van der Waals surface area contributed by atoms with Gasteiger partial charge in [0.05, 0.1) is 6.61 Å². The van der Waals surface area contributed by atoms with Gasteiger partial charge in [0.15, 0.2) is 11.6 Å². The van der Waals surface area contributed by atoms with Crippen LogP contribution in [0, 0.1) is 12.7 Å². The second-order valence-electron chi connectivity index (χ2n) is 7.10. The van der Waals surface area contributed by atoms with Crippen molar-refractivity contribution in [2.24, 2.45) is 0 Å². The Bertz CT molecular complexity index is 842. The summed E-state index contributed by atoms with van der Waals surface area (Å²) in [6, 6.07) is 9.89. The van der Waals surface area contributed by atoms with E-state index >= 15 is 0 Å². The van der Waals surface area contributed by atoms with Crippen molar-refractivity contribution in [3.05, 3.63) is 64.5 Å². The predicted octanol–water partition coefficient (Wildman–Crippen LogP) is 7.06. The highest BCUT2D eigenvalue weighted by Crippen LogP contribution is 2.45. The van der Waals surface area contributed by atoms with Crippen LogP contribution >= 0.6 is 0 Å². The second-order valence-corrected chi connectivity index (χ2v) is 7.10. The van der Waals surface area contributed by atoms with Crippen LogP contribution in [0.1, 0.15) is 61.3 Å². The molecule has 0 unspecified atom stereocenters. The number of rotatable bonds is 8. The highest BCUT2D eigenvalue weighted by molar-refractivity contribution is 5.81. The second kappa shape index (κ2) is 8.72. The van der Waals surface area contributed by atoms with E-state index in [1.165, 1.54) is 18.2 Å². The molecule has 3 rings (SSSR count). The molecule has 0 saturated heterocycles. The number of benzene rings is 2. The van der Waals surface area contributed by atoms with Crippen molar-refractivity contribution < 1.29 is 22.6 Å². The topological polar surface area (TPSA) is 18.5 Å². The molecule has 0 bridgehead atoms. The Morgan fingerprint density at radius 1 is 0.964 bits per heavy atom. The van der Waals surface area contributed by atoms with E-state index in [1.807, 2.05) is 19.1 Å². The van der Waals surface area contributed by atoms with E-state index < -0.39 is 17.5 Å². The van der Waals surface area contributed by atoms with Crippen LogP contribution in [0.5, 0.6) is 5.75 Å². The normalized spacial score (nSPS) is 14.8. The first-order valence-corrected chi connectivity index (χ1v) is 9.73. The van der Waals surface area contributed by atoms with Crippen LogP contribution in [-0.2, 0) is 10.8 Å². The van der Waals surface area contributed by atoms with E-state index in [2.05, 4.69) is 6.92 Å². The zero-order valence-electron chi connectivity index (χ0n) is 16.2. The van der Waals surface area contributed by atoms with Gasteiger partial charge in [-0.1, -0.05) is 68.5 Å². The molecule has 1 heterocycles. The third kappa shape index (κ3) is 4.51. The summed E-state index contributed by atoms with van der Waals surface area (Å²) in [6.45, 7) is 4.33. The number of hydrogen-bond acceptors (Lipinski definition) is 2. The minimum atomic E-state index is -3.77. The van der Waals surface area contributed by atoms with Crippen molar-refractivity contribution in [3.8, 4) is 5.75 Å². The van der Waals surface area contributed by atoms with Crippen LogP contribution in [0.2, 0.25) is 0 Å². The predicted molar refractivity (Wildman–Crippen MR) is 105 cm³/mol. The van der Waals surface area contributed by atoms with Gasteiger partial charge in [0.1, 0.15) is 11.3 Å². The molecular formula is C23H25F3O2. The molecule has 2 aromatic rings. The maximum Gasteiger partial charge on any atom is 0.430 e. The van der Waals surface area contributed by atoms with Gasteiger partial charge in [-0.2, -0.15) is 8.78 Å².